The fraction of sp³-hybridized carbons (Fsp3) is 0.222. The molecule has 0 radical (unpaired) electrons. The number of hydrogen-bond acceptors (Lipinski definition) is 3. The third kappa shape index (κ3) is 5.54. The van der Waals surface area contributed by atoms with Crippen LogP contribution in [-0.4, -0.2) is 19.1 Å². The second-order valence-corrected chi connectivity index (χ2v) is 8.28. The van der Waals surface area contributed by atoms with E-state index in [1.807, 2.05) is 18.2 Å². The number of carbonyl (C=O) groups is 1. The standard InChI is InChI=1S/C27H24ClFN2O2/c1-2-14-30-25-12-10-23-22(25)7-4-8-26(23)33-15-13-18-17-21(9-11-24(18)28)31-27(32)19-5-3-6-20(29)16-19/h1,3-9,11,16-17,25,30H,10,12-15H2,(H,31,32). The van der Waals surface area contributed by atoms with Crippen molar-refractivity contribution in [1.82, 2.24) is 5.32 Å². The van der Waals surface area contributed by atoms with Crippen LogP contribution >= 0.6 is 11.6 Å². The quantitative estimate of drug-likeness (QED) is 0.431. The number of halogens is 2. The average Bonchev–Trinajstić information content (AvgIpc) is 3.23. The SMILES string of the molecule is C#CCNC1CCc2c(OCCc3cc(NC(=O)c4cccc(F)c4)ccc3Cl)cccc21. The van der Waals surface area contributed by atoms with Crippen molar-refractivity contribution in [2.24, 2.45) is 0 Å². The topological polar surface area (TPSA) is 50.4 Å². The molecule has 3 aromatic carbocycles. The lowest BCUT2D eigenvalue weighted by Crippen LogP contribution is -2.19. The summed E-state index contributed by atoms with van der Waals surface area (Å²) in [5.74, 6) is 2.67. The number of terminal acetylenes is 1. The zero-order chi connectivity index (χ0) is 23.2. The van der Waals surface area contributed by atoms with Crippen LogP contribution in [0.4, 0.5) is 10.1 Å². The molecule has 1 amide bonds. The van der Waals surface area contributed by atoms with E-state index >= 15 is 0 Å². The van der Waals surface area contributed by atoms with Crippen LogP contribution in [0, 0.1) is 18.2 Å². The first-order chi connectivity index (χ1) is 16.0. The summed E-state index contributed by atoms with van der Waals surface area (Å²) in [6.07, 6.45) is 7.89. The zero-order valence-corrected chi connectivity index (χ0v) is 18.8. The lowest BCUT2D eigenvalue weighted by molar-refractivity contribution is 0.102. The van der Waals surface area contributed by atoms with Crippen LogP contribution in [0.3, 0.4) is 0 Å². The van der Waals surface area contributed by atoms with Gasteiger partial charge in [-0.2, -0.15) is 0 Å². The highest BCUT2D eigenvalue weighted by molar-refractivity contribution is 6.31. The van der Waals surface area contributed by atoms with Crippen LogP contribution in [-0.2, 0) is 12.8 Å². The molecule has 1 aliphatic carbocycles. The van der Waals surface area contributed by atoms with Gasteiger partial charge in [0.2, 0.25) is 0 Å². The second kappa shape index (κ2) is 10.5. The summed E-state index contributed by atoms with van der Waals surface area (Å²) in [4.78, 5) is 12.4. The van der Waals surface area contributed by atoms with E-state index in [0.29, 0.717) is 30.3 Å². The molecule has 3 aromatic rings. The predicted molar refractivity (Wildman–Crippen MR) is 129 cm³/mol. The summed E-state index contributed by atoms with van der Waals surface area (Å²) >= 11 is 6.37. The Balaban J connectivity index is 1.39. The largest absolute Gasteiger partial charge is 0.493 e. The molecule has 4 nitrogen and oxygen atoms in total. The van der Waals surface area contributed by atoms with Crippen LogP contribution in [0.25, 0.3) is 0 Å². The lowest BCUT2D eigenvalue weighted by atomic mass is 10.1. The van der Waals surface area contributed by atoms with Crippen LogP contribution < -0.4 is 15.4 Å². The smallest absolute Gasteiger partial charge is 0.255 e. The number of carbonyl (C=O) groups excluding carboxylic acids is 1. The number of rotatable bonds is 8. The Kier molecular flexibility index (Phi) is 7.29. The van der Waals surface area contributed by atoms with Crippen molar-refractivity contribution >= 4 is 23.2 Å². The molecule has 2 N–H and O–H groups in total. The molecule has 0 spiro atoms. The van der Waals surface area contributed by atoms with Crippen molar-refractivity contribution in [2.45, 2.75) is 25.3 Å². The van der Waals surface area contributed by atoms with E-state index < -0.39 is 5.82 Å². The summed E-state index contributed by atoms with van der Waals surface area (Å²) in [6.45, 7) is 0.986. The first kappa shape index (κ1) is 22.8. The number of ether oxygens (including phenoxy) is 1. The Hall–Kier alpha value is -3.33. The molecule has 0 aliphatic heterocycles. The average molecular weight is 463 g/mol. The minimum absolute atomic E-state index is 0.253. The number of hydrogen-bond donors (Lipinski definition) is 2. The lowest BCUT2D eigenvalue weighted by Gasteiger charge is -2.14. The molecule has 4 rings (SSSR count). The van der Waals surface area contributed by atoms with Crippen molar-refractivity contribution in [3.63, 3.8) is 0 Å². The van der Waals surface area contributed by atoms with E-state index in [2.05, 4.69) is 22.6 Å². The molecule has 0 saturated heterocycles. The molecule has 0 fully saturated rings. The van der Waals surface area contributed by atoms with Gasteiger partial charge in [-0.1, -0.05) is 35.7 Å². The maximum Gasteiger partial charge on any atom is 0.255 e. The molecule has 168 valence electrons. The third-order valence-electron chi connectivity index (χ3n) is 5.70. The number of amides is 1. The molecule has 0 aromatic heterocycles. The van der Waals surface area contributed by atoms with Crippen LogP contribution in [0.5, 0.6) is 5.75 Å². The van der Waals surface area contributed by atoms with Crippen LogP contribution in [0.1, 0.15) is 39.5 Å². The van der Waals surface area contributed by atoms with Gasteiger partial charge in [0.05, 0.1) is 13.2 Å². The molecular formula is C27H24ClFN2O2. The molecule has 33 heavy (non-hydrogen) atoms. The van der Waals surface area contributed by atoms with Gasteiger partial charge < -0.3 is 10.1 Å². The van der Waals surface area contributed by atoms with Gasteiger partial charge in [-0.3, -0.25) is 10.1 Å². The highest BCUT2D eigenvalue weighted by Gasteiger charge is 2.24. The summed E-state index contributed by atoms with van der Waals surface area (Å²) in [5, 5.41) is 6.76. The number of nitrogens with one attached hydrogen (secondary N) is 2. The number of benzene rings is 3. The summed E-state index contributed by atoms with van der Waals surface area (Å²) < 4.78 is 19.5. The van der Waals surface area contributed by atoms with Gasteiger partial charge in [0.25, 0.3) is 5.91 Å². The highest BCUT2D eigenvalue weighted by Crippen LogP contribution is 2.37. The fourth-order valence-corrected chi connectivity index (χ4v) is 4.31. The minimum atomic E-state index is -0.456. The predicted octanol–water partition coefficient (Wildman–Crippen LogP) is 5.56. The highest BCUT2D eigenvalue weighted by atomic mass is 35.5. The van der Waals surface area contributed by atoms with E-state index in [1.54, 1.807) is 18.2 Å². The monoisotopic (exact) mass is 462 g/mol. The van der Waals surface area contributed by atoms with Crippen molar-refractivity contribution in [2.75, 3.05) is 18.5 Å². The van der Waals surface area contributed by atoms with Gasteiger partial charge in [0.15, 0.2) is 0 Å². The molecule has 1 aliphatic rings. The van der Waals surface area contributed by atoms with Crippen molar-refractivity contribution in [3.8, 4) is 18.1 Å². The minimum Gasteiger partial charge on any atom is -0.493 e. The summed E-state index contributed by atoms with van der Waals surface area (Å²) in [6, 6.07) is 17.2. The van der Waals surface area contributed by atoms with Gasteiger partial charge in [0.1, 0.15) is 11.6 Å². The van der Waals surface area contributed by atoms with E-state index in [0.717, 1.165) is 24.2 Å². The molecule has 0 bridgehead atoms. The Morgan fingerprint density at radius 2 is 2.03 bits per heavy atom. The molecule has 1 unspecified atom stereocenters. The fourth-order valence-electron chi connectivity index (χ4n) is 4.10. The zero-order valence-electron chi connectivity index (χ0n) is 18.0. The van der Waals surface area contributed by atoms with E-state index in [1.165, 1.54) is 29.3 Å². The Morgan fingerprint density at radius 1 is 1.18 bits per heavy atom. The van der Waals surface area contributed by atoms with Gasteiger partial charge in [-0.05, 0) is 72.0 Å². The normalized spacial score (nSPS) is 14.4. The van der Waals surface area contributed by atoms with Gasteiger partial charge in [-0.15, -0.1) is 6.42 Å². The molecule has 1 atom stereocenters. The van der Waals surface area contributed by atoms with E-state index in [-0.39, 0.29) is 17.5 Å². The molecule has 6 heteroatoms. The Bertz CT molecular complexity index is 1200. The summed E-state index contributed by atoms with van der Waals surface area (Å²) in [5.41, 5.74) is 4.15. The summed E-state index contributed by atoms with van der Waals surface area (Å²) in [7, 11) is 0. The van der Waals surface area contributed by atoms with Gasteiger partial charge in [0, 0.05) is 28.7 Å². The van der Waals surface area contributed by atoms with Crippen molar-refractivity contribution < 1.29 is 13.9 Å². The Labute approximate surface area is 198 Å². The van der Waals surface area contributed by atoms with Crippen LogP contribution in [0.2, 0.25) is 5.02 Å². The molecule has 0 heterocycles. The third-order valence-corrected chi connectivity index (χ3v) is 6.07. The Morgan fingerprint density at radius 3 is 2.85 bits per heavy atom. The van der Waals surface area contributed by atoms with Gasteiger partial charge in [-0.25, -0.2) is 4.39 Å². The van der Waals surface area contributed by atoms with Crippen molar-refractivity contribution in [1.29, 1.82) is 0 Å². The van der Waals surface area contributed by atoms with E-state index in [4.69, 9.17) is 22.8 Å². The van der Waals surface area contributed by atoms with Crippen molar-refractivity contribution in [3.05, 3.63) is 93.8 Å². The van der Waals surface area contributed by atoms with Gasteiger partial charge >= 0.3 is 0 Å². The maximum absolute atomic E-state index is 13.4. The second-order valence-electron chi connectivity index (χ2n) is 7.87. The van der Waals surface area contributed by atoms with E-state index in [9.17, 15) is 9.18 Å². The maximum atomic E-state index is 13.4. The van der Waals surface area contributed by atoms with Crippen LogP contribution in [0.15, 0.2) is 60.7 Å². The first-order valence-electron chi connectivity index (χ1n) is 10.8. The number of anilines is 1. The molecular weight excluding hydrogens is 439 g/mol. The first-order valence-corrected chi connectivity index (χ1v) is 11.2. The number of fused-ring (bicyclic) bond motifs is 1. The molecule has 0 saturated carbocycles.